The van der Waals surface area contributed by atoms with Crippen molar-refractivity contribution in [1.29, 1.82) is 0 Å². The molecule has 1 aromatic carbocycles. The summed E-state index contributed by atoms with van der Waals surface area (Å²) < 4.78 is 11.8. The fourth-order valence-electron chi connectivity index (χ4n) is 3.06. The summed E-state index contributed by atoms with van der Waals surface area (Å²) in [5, 5.41) is 2.81. The molecule has 27 heavy (non-hydrogen) atoms. The number of carbonyl (C=O) groups is 1. The fourth-order valence-corrected chi connectivity index (χ4v) is 3.06. The van der Waals surface area contributed by atoms with Gasteiger partial charge in [-0.2, -0.15) is 0 Å². The van der Waals surface area contributed by atoms with Crippen molar-refractivity contribution in [3.8, 4) is 0 Å². The molecule has 4 rings (SSSR count). The van der Waals surface area contributed by atoms with E-state index in [1.165, 1.54) is 4.57 Å². The van der Waals surface area contributed by atoms with Crippen LogP contribution in [0.15, 0.2) is 51.8 Å². The average molecular weight is 368 g/mol. The van der Waals surface area contributed by atoms with Crippen LogP contribution in [0.1, 0.15) is 5.56 Å². The molecular weight excluding hydrogens is 348 g/mol. The maximum atomic E-state index is 12.2. The molecule has 1 amide bonds. The third kappa shape index (κ3) is 3.85. The van der Waals surface area contributed by atoms with E-state index < -0.39 is 5.76 Å². The van der Waals surface area contributed by atoms with E-state index in [9.17, 15) is 9.59 Å². The number of benzene rings is 1. The summed E-state index contributed by atoms with van der Waals surface area (Å²) in [4.78, 5) is 30.8. The largest absolute Gasteiger partial charge is 0.420 e. The van der Waals surface area contributed by atoms with Crippen LogP contribution >= 0.6 is 0 Å². The van der Waals surface area contributed by atoms with E-state index in [-0.39, 0.29) is 12.5 Å². The molecule has 1 N–H and O–H groups in total. The van der Waals surface area contributed by atoms with Crippen LogP contribution in [0.3, 0.4) is 0 Å². The van der Waals surface area contributed by atoms with Gasteiger partial charge < -0.3 is 19.4 Å². The number of ether oxygens (including phenoxy) is 1. The van der Waals surface area contributed by atoms with Crippen molar-refractivity contribution >= 4 is 22.8 Å². The Labute approximate surface area is 155 Å². The minimum Gasteiger partial charge on any atom is -0.408 e. The van der Waals surface area contributed by atoms with Gasteiger partial charge in [0.25, 0.3) is 0 Å². The highest BCUT2D eigenvalue weighted by Crippen LogP contribution is 2.13. The number of fused-ring (bicyclic) bond motifs is 1. The maximum absolute atomic E-state index is 12.2. The van der Waals surface area contributed by atoms with Crippen molar-refractivity contribution in [1.82, 2.24) is 14.9 Å². The first-order valence-electron chi connectivity index (χ1n) is 8.83. The molecule has 0 atom stereocenters. The zero-order valence-electron chi connectivity index (χ0n) is 14.8. The molecule has 3 aromatic rings. The number of nitrogens with one attached hydrogen (secondary N) is 1. The van der Waals surface area contributed by atoms with Gasteiger partial charge in [-0.05, 0) is 23.8 Å². The number of pyridine rings is 1. The van der Waals surface area contributed by atoms with Crippen molar-refractivity contribution in [2.75, 3.05) is 31.2 Å². The Balaban J connectivity index is 1.36. The summed E-state index contributed by atoms with van der Waals surface area (Å²) in [6.45, 7) is 3.34. The van der Waals surface area contributed by atoms with Crippen LogP contribution in [0.5, 0.6) is 0 Å². The summed E-state index contributed by atoms with van der Waals surface area (Å²) in [5.41, 5.74) is 1.97. The molecule has 140 valence electrons. The Hall–Kier alpha value is -3.13. The average Bonchev–Trinajstić information content (AvgIpc) is 3.03. The number of hydrogen-bond acceptors (Lipinski definition) is 6. The molecule has 1 fully saturated rings. The molecule has 0 aliphatic carbocycles. The Morgan fingerprint density at radius 3 is 2.74 bits per heavy atom. The van der Waals surface area contributed by atoms with E-state index >= 15 is 0 Å². The van der Waals surface area contributed by atoms with Crippen molar-refractivity contribution in [2.24, 2.45) is 0 Å². The van der Waals surface area contributed by atoms with Crippen molar-refractivity contribution in [2.45, 2.75) is 13.1 Å². The Morgan fingerprint density at radius 2 is 1.96 bits per heavy atom. The lowest BCUT2D eigenvalue weighted by Gasteiger charge is -2.27. The molecule has 2 aromatic heterocycles. The van der Waals surface area contributed by atoms with Crippen LogP contribution in [0, 0.1) is 0 Å². The van der Waals surface area contributed by atoms with E-state index in [2.05, 4.69) is 15.2 Å². The zero-order valence-corrected chi connectivity index (χ0v) is 14.8. The summed E-state index contributed by atoms with van der Waals surface area (Å²) in [6.07, 6.45) is 1.75. The topological polar surface area (TPSA) is 89.6 Å². The van der Waals surface area contributed by atoms with Gasteiger partial charge in [-0.1, -0.05) is 18.2 Å². The molecule has 1 aliphatic rings. The highest BCUT2D eigenvalue weighted by molar-refractivity contribution is 5.79. The monoisotopic (exact) mass is 368 g/mol. The number of anilines is 1. The minimum absolute atomic E-state index is 0.0882. The van der Waals surface area contributed by atoms with Crippen molar-refractivity contribution < 1.29 is 13.9 Å². The highest BCUT2D eigenvalue weighted by atomic mass is 16.5. The third-order valence-electron chi connectivity index (χ3n) is 4.51. The third-order valence-corrected chi connectivity index (χ3v) is 4.51. The molecule has 8 heteroatoms. The normalized spacial score (nSPS) is 14.4. The number of carbonyl (C=O) groups excluding carboxylic acids is 1. The molecule has 0 unspecified atom stereocenters. The van der Waals surface area contributed by atoms with Crippen LogP contribution in [0.25, 0.3) is 11.1 Å². The maximum Gasteiger partial charge on any atom is 0.420 e. The summed E-state index contributed by atoms with van der Waals surface area (Å²) in [6, 6.07) is 10.9. The lowest BCUT2D eigenvalue weighted by Crippen LogP contribution is -2.36. The van der Waals surface area contributed by atoms with Gasteiger partial charge in [0.15, 0.2) is 5.58 Å². The van der Waals surface area contributed by atoms with Gasteiger partial charge in [-0.25, -0.2) is 9.78 Å². The molecule has 0 spiro atoms. The smallest absolute Gasteiger partial charge is 0.408 e. The van der Waals surface area contributed by atoms with Gasteiger partial charge in [0, 0.05) is 25.8 Å². The molecule has 3 heterocycles. The summed E-state index contributed by atoms with van der Waals surface area (Å²) in [5.74, 6) is 0.105. The standard InChI is InChI=1S/C19H20N4O4/c24-18(13-23-15-3-1-2-4-16(15)27-19(23)25)21-12-14-5-6-17(20-11-14)22-7-9-26-10-8-22/h1-6,11H,7-10,12-13H2,(H,21,24). The highest BCUT2D eigenvalue weighted by Gasteiger charge is 2.13. The number of oxazole rings is 1. The Kier molecular flexibility index (Phi) is 4.88. The molecule has 1 aliphatic heterocycles. The van der Waals surface area contributed by atoms with Crippen LogP contribution < -0.4 is 16.0 Å². The second-order valence-electron chi connectivity index (χ2n) is 6.32. The van der Waals surface area contributed by atoms with E-state index in [0.717, 1.165) is 24.5 Å². The summed E-state index contributed by atoms with van der Waals surface area (Å²) in [7, 11) is 0. The van der Waals surface area contributed by atoms with Gasteiger partial charge in [0.2, 0.25) is 5.91 Å². The van der Waals surface area contributed by atoms with Crippen LogP contribution in [0.4, 0.5) is 5.82 Å². The van der Waals surface area contributed by atoms with Gasteiger partial charge in [-0.3, -0.25) is 9.36 Å². The van der Waals surface area contributed by atoms with Gasteiger partial charge in [0.1, 0.15) is 12.4 Å². The Morgan fingerprint density at radius 1 is 1.15 bits per heavy atom. The lowest BCUT2D eigenvalue weighted by molar-refractivity contribution is -0.121. The predicted molar refractivity (Wildman–Crippen MR) is 99.6 cm³/mol. The fraction of sp³-hybridized carbons (Fsp3) is 0.316. The number of para-hydroxylation sites is 2. The van der Waals surface area contributed by atoms with E-state index in [4.69, 9.17) is 9.15 Å². The first kappa shape index (κ1) is 17.3. The number of amides is 1. The zero-order chi connectivity index (χ0) is 18.6. The quantitative estimate of drug-likeness (QED) is 0.726. The van der Waals surface area contributed by atoms with Gasteiger partial charge >= 0.3 is 5.76 Å². The van der Waals surface area contributed by atoms with E-state index in [1.54, 1.807) is 30.5 Å². The summed E-state index contributed by atoms with van der Waals surface area (Å²) >= 11 is 0. The molecule has 0 bridgehead atoms. The molecule has 0 saturated carbocycles. The Bertz CT molecular complexity index is 987. The number of morpholine rings is 1. The van der Waals surface area contributed by atoms with E-state index in [1.807, 2.05) is 12.1 Å². The molecule has 0 radical (unpaired) electrons. The van der Waals surface area contributed by atoms with E-state index in [0.29, 0.717) is 30.9 Å². The second-order valence-corrected chi connectivity index (χ2v) is 6.32. The number of rotatable bonds is 5. The van der Waals surface area contributed by atoms with Crippen molar-refractivity contribution in [3.05, 3.63) is 58.7 Å². The minimum atomic E-state index is -0.539. The molecule has 1 saturated heterocycles. The number of hydrogen-bond donors (Lipinski definition) is 1. The lowest BCUT2D eigenvalue weighted by atomic mass is 10.2. The number of nitrogens with zero attached hydrogens (tertiary/aromatic N) is 3. The second kappa shape index (κ2) is 7.63. The molecule has 8 nitrogen and oxygen atoms in total. The first-order chi connectivity index (χ1) is 13.2. The predicted octanol–water partition coefficient (Wildman–Crippen LogP) is 1.14. The van der Waals surface area contributed by atoms with Gasteiger partial charge in [-0.15, -0.1) is 0 Å². The first-order valence-corrected chi connectivity index (χ1v) is 8.83. The van der Waals surface area contributed by atoms with Crippen LogP contribution in [-0.2, 0) is 22.6 Å². The van der Waals surface area contributed by atoms with Crippen LogP contribution in [0.2, 0.25) is 0 Å². The SMILES string of the molecule is O=C(Cn1c(=O)oc2ccccc21)NCc1ccc(N2CCOCC2)nc1. The number of aromatic nitrogens is 2. The van der Waals surface area contributed by atoms with Crippen LogP contribution in [-0.4, -0.2) is 41.8 Å². The van der Waals surface area contributed by atoms with Gasteiger partial charge in [0.05, 0.1) is 18.7 Å². The van der Waals surface area contributed by atoms with Crippen molar-refractivity contribution in [3.63, 3.8) is 0 Å². The molecular formula is C19H20N4O4.